The number of ether oxygens (including phenoxy) is 1. The number of hydrogen-bond donors (Lipinski definition) is 1. The van der Waals surface area contributed by atoms with Crippen molar-refractivity contribution in [3.8, 4) is 5.75 Å². The third kappa shape index (κ3) is 4.39. The largest absolute Gasteiger partial charge is 0.488 e. The molecule has 1 N–H and O–H groups in total. The van der Waals surface area contributed by atoms with E-state index in [1.807, 2.05) is 0 Å². The number of Topliss-reactive ketones (excluding diaryl/α,β-unsaturated/α-hetero) is 1. The van der Waals surface area contributed by atoms with Crippen LogP contribution in [0.15, 0.2) is 42.5 Å². The number of amides is 1. The fourth-order valence-corrected chi connectivity index (χ4v) is 1.98. The lowest BCUT2D eigenvalue weighted by atomic mass is 10.1. The van der Waals surface area contributed by atoms with Crippen LogP contribution < -0.4 is 10.1 Å². The van der Waals surface area contributed by atoms with Gasteiger partial charge in [-0.05, 0) is 63.2 Å². The third-order valence-corrected chi connectivity index (χ3v) is 3.11. The van der Waals surface area contributed by atoms with E-state index in [4.69, 9.17) is 4.74 Å². The van der Waals surface area contributed by atoms with Gasteiger partial charge < -0.3 is 10.1 Å². The van der Waals surface area contributed by atoms with Gasteiger partial charge in [0.25, 0.3) is 5.91 Å². The number of benzene rings is 2. The molecule has 120 valence electrons. The minimum Gasteiger partial charge on any atom is -0.488 e. The van der Waals surface area contributed by atoms with Crippen LogP contribution in [0, 0.1) is 5.82 Å². The van der Waals surface area contributed by atoms with E-state index in [0.29, 0.717) is 11.3 Å². The van der Waals surface area contributed by atoms with E-state index in [2.05, 4.69) is 5.32 Å². The molecule has 0 saturated carbocycles. The first kappa shape index (κ1) is 16.7. The van der Waals surface area contributed by atoms with Gasteiger partial charge in [-0.3, -0.25) is 9.59 Å². The van der Waals surface area contributed by atoms with Crippen molar-refractivity contribution in [2.45, 2.75) is 26.9 Å². The normalized spacial score (nSPS) is 10.5. The smallest absolute Gasteiger partial charge is 0.255 e. The summed E-state index contributed by atoms with van der Waals surface area (Å²) in [5, 5.41) is 2.65. The monoisotopic (exact) mass is 315 g/mol. The van der Waals surface area contributed by atoms with Gasteiger partial charge in [-0.1, -0.05) is 0 Å². The molecule has 0 atom stereocenters. The van der Waals surface area contributed by atoms with E-state index in [1.165, 1.54) is 19.1 Å². The second kappa shape index (κ2) is 7.05. The van der Waals surface area contributed by atoms with Crippen LogP contribution in [0.5, 0.6) is 5.75 Å². The van der Waals surface area contributed by atoms with E-state index in [1.54, 1.807) is 38.1 Å². The van der Waals surface area contributed by atoms with Gasteiger partial charge in [0, 0.05) is 16.8 Å². The van der Waals surface area contributed by atoms with Crippen molar-refractivity contribution in [2.24, 2.45) is 0 Å². The first-order valence-corrected chi connectivity index (χ1v) is 7.25. The topological polar surface area (TPSA) is 55.4 Å². The average molecular weight is 315 g/mol. The highest BCUT2D eigenvalue weighted by molar-refractivity contribution is 6.04. The minimum atomic E-state index is -0.585. The van der Waals surface area contributed by atoms with Gasteiger partial charge in [-0.2, -0.15) is 0 Å². The Kier molecular flexibility index (Phi) is 5.11. The van der Waals surface area contributed by atoms with E-state index >= 15 is 0 Å². The molecule has 0 aliphatic rings. The lowest BCUT2D eigenvalue weighted by molar-refractivity contribution is 0.101. The third-order valence-electron chi connectivity index (χ3n) is 3.11. The summed E-state index contributed by atoms with van der Waals surface area (Å²) in [6.45, 7) is 5.06. The summed E-state index contributed by atoms with van der Waals surface area (Å²) in [6.07, 6.45) is -0.149. The number of anilines is 1. The van der Waals surface area contributed by atoms with Crippen molar-refractivity contribution in [1.82, 2.24) is 0 Å². The zero-order valence-electron chi connectivity index (χ0n) is 13.2. The maximum atomic E-state index is 13.9. The molecular formula is C18H18FNO3. The standard InChI is InChI=1S/C18H18FNO3/c1-11(2)23-17-9-6-14(10-16(17)19)18(22)20-15-7-4-13(5-8-15)12(3)21/h4-11H,1-3H3,(H,20,22). The van der Waals surface area contributed by atoms with Crippen molar-refractivity contribution >= 4 is 17.4 Å². The molecule has 2 rings (SSSR count). The van der Waals surface area contributed by atoms with Crippen LogP contribution in [-0.4, -0.2) is 17.8 Å². The molecule has 1 amide bonds. The van der Waals surface area contributed by atoms with Crippen LogP contribution in [0.4, 0.5) is 10.1 Å². The molecule has 5 heteroatoms. The van der Waals surface area contributed by atoms with Gasteiger partial charge in [-0.25, -0.2) is 4.39 Å². The zero-order valence-corrected chi connectivity index (χ0v) is 13.2. The van der Waals surface area contributed by atoms with Crippen LogP contribution in [-0.2, 0) is 0 Å². The zero-order chi connectivity index (χ0) is 17.0. The van der Waals surface area contributed by atoms with Crippen LogP contribution in [0.1, 0.15) is 41.5 Å². The molecule has 0 aliphatic heterocycles. The summed E-state index contributed by atoms with van der Waals surface area (Å²) >= 11 is 0. The molecule has 0 aromatic heterocycles. The molecule has 0 saturated heterocycles. The Bertz CT molecular complexity index is 724. The molecular weight excluding hydrogens is 297 g/mol. The Morgan fingerprint density at radius 2 is 1.65 bits per heavy atom. The number of halogens is 1. The quantitative estimate of drug-likeness (QED) is 0.846. The van der Waals surface area contributed by atoms with Gasteiger partial charge in [0.05, 0.1) is 6.10 Å². The maximum Gasteiger partial charge on any atom is 0.255 e. The number of carbonyl (C=O) groups excluding carboxylic acids is 2. The van der Waals surface area contributed by atoms with Crippen LogP contribution in [0.2, 0.25) is 0 Å². The van der Waals surface area contributed by atoms with E-state index in [-0.39, 0.29) is 23.2 Å². The van der Waals surface area contributed by atoms with Crippen molar-refractivity contribution in [3.05, 3.63) is 59.4 Å². The highest BCUT2D eigenvalue weighted by Crippen LogP contribution is 2.20. The Balaban J connectivity index is 2.11. The van der Waals surface area contributed by atoms with Crippen molar-refractivity contribution in [1.29, 1.82) is 0 Å². The Morgan fingerprint density at radius 1 is 1.04 bits per heavy atom. The molecule has 2 aromatic rings. The summed E-state index contributed by atoms with van der Waals surface area (Å²) < 4.78 is 19.2. The SMILES string of the molecule is CC(=O)c1ccc(NC(=O)c2ccc(OC(C)C)c(F)c2)cc1. The summed E-state index contributed by atoms with van der Waals surface area (Å²) in [4.78, 5) is 23.3. The molecule has 0 aliphatic carbocycles. The van der Waals surface area contributed by atoms with Crippen LogP contribution in [0.25, 0.3) is 0 Å². The molecule has 0 radical (unpaired) electrons. The minimum absolute atomic E-state index is 0.0503. The Morgan fingerprint density at radius 3 is 2.17 bits per heavy atom. The molecule has 0 spiro atoms. The first-order valence-electron chi connectivity index (χ1n) is 7.25. The van der Waals surface area contributed by atoms with Gasteiger partial charge in [0.1, 0.15) is 0 Å². The predicted octanol–water partition coefficient (Wildman–Crippen LogP) is 4.07. The second-order valence-corrected chi connectivity index (χ2v) is 5.40. The number of ketones is 1. The number of rotatable bonds is 5. The molecule has 0 unspecified atom stereocenters. The first-order chi connectivity index (χ1) is 10.9. The molecule has 0 heterocycles. The number of nitrogens with one attached hydrogen (secondary N) is 1. The summed E-state index contributed by atoms with van der Waals surface area (Å²) in [5.41, 5.74) is 1.28. The molecule has 0 bridgehead atoms. The van der Waals surface area contributed by atoms with Gasteiger partial charge in [0.15, 0.2) is 17.3 Å². The molecule has 2 aromatic carbocycles. The lowest BCUT2D eigenvalue weighted by Gasteiger charge is -2.11. The van der Waals surface area contributed by atoms with E-state index in [9.17, 15) is 14.0 Å². The highest BCUT2D eigenvalue weighted by atomic mass is 19.1. The fourth-order valence-electron chi connectivity index (χ4n) is 1.98. The summed E-state index contributed by atoms with van der Waals surface area (Å²) in [5.74, 6) is -0.957. The summed E-state index contributed by atoms with van der Waals surface area (Å²) in [6, 6.07) is 10.6. The van der Waals surface area contributed by atoms with Crippen molar-refractivity contribution < 1.29 is 18.7 Å². The van der Waals surface area contributed by atoms with Gasteiger partial charge >= 0.3 is 0 Å². The van der Waals surface area contributed by atoms with E-state index in [0.717, 1.165) is 6.07 Å². The van der Waals surface area contributed by atoms with Crippen molar-refractivity contribution in [3.63, 3.8) is 0 Å². The second-order valence-electron chi connectivity index (χ2n) is 5.40. The van der Waals surface area contributed by atoms with Crippen LogP contribution in [0.3, 0.4) is 0 Å². The molecule has 4 nitrogen and oxygen atoms in total. The summed E-state index contributed by atoms with van der Waals surface area (Å²) in [7, 11) is 0. The Hall–Kier alpha value is -2.69. The van der Waals surface area contributed by atoms with E-state index < -0.39 is 11.7 Å². The average Bonchev–Trinajstić information content (AvgIpc) is 2.49. The Labute approximate surface area is 134 Å². The van der Waals surface area contributed by atoms with Gasteiger partial charge in [-0.15, -0.1) is 0 Å². The number of hydrogen-bond acceptors (Lipinski definition) is 3. The maximum absolute atomic E-state index is 13.9. The van der Waals surface area contributed by atoms with Crippen molar-refractivity contribution in [2.75, 3.05) is 5.32 Å². The van der Waals surface area contributed by atoms with Crippen LogP contribution >= 0.6 is 0 Å². The molecule has 0 fully saturated rings. The fraction of sp³-hybridized carbons (Fsp3) is 0.222. The number of carbonyl (C=O) groups is 2. The predicted molar refractivity (Wildman–Crippen MR) is 86.6 cm³/mol. The molecule has 23 heavy (non-hydrogen) atoms. The highest BCUT2D eigenvalue weighted by Gasteiger charge is 2.12. The lowest BCUT2D eigenvalue weighted by Crippen LogP contribution is -2.13. The van der Waals surface area contributed by atoms with Gasteiger partial charge in [0.2, 0.25) is 0 Å².